The van der Waals surface area contributed by atoms with Gasteiger partial charge in [0.25, 0.3) is 0 Å². The Morgan fingerprint density at radius 1 is 1.50 bits per heavy atom. The van der Waals surface area contributed by atoms with Crippen LogP contribution >= 0.6 is 46.4 Å². The predicted octanol–water partition coefficient (Wildman–Crippen LogP) is 3.15. The minimum absolute atomic E-state index is 0.0540. The summed E-state index contributed by atoms with van der Waals surface area (Å²) in [7, 11) is 0. The molecule has 0 spiro atoms. The summed E-state index contributed by atoms with van der Waals surface area (Å²) in [5, 5.41) is 0.149. The maximum atomic E-state index is 5.46. The fraction of sp³-hybridized carbons (Fsp3) is 0.500. The fourth-order valence-electron chi connectivity index (χ4n) is 0.0725. The van der Waals surface area contributed by atoms with Gasteiger partial charge in [-0.05, 0) is 0 Å². The Kier molecular flexibility index (Phi) is 3.52. The van der Waals surface area contributed by atoms with E-state index < -0.39 is 4.33 Å². The molecule has 0 atom stereocenters. The summed E-state index contributed by atoms with van der Waals surface area (Å²) in [5.41, 5.74) is 0. The van der Waals surface area contributed by atoms with E-state index in [2.05, 4.69) is 6.58 Å². The maximum Gasteiger partial charge on any atom is 0.166 e. The zero-order chi connectivity index (χ0) is 6.78. The molecular weight excluding hydrogens is 190 g/mol. The molecule has 0 unspecified atom stereocenters. The van der Waals surface area contributed by atoms with Crippen molar-refractivity contribution in [3.05, 3.63) is 11.6 Å². The van der Waals surface area contributed by atoms with Gasteiger partial charge in [0.15, 0.2) is 4.33 Å². The van der Waals surface area contributed by atoms with Crippen LogP contribution in [0.4, 0.5) is 0 Å². The van der Waals surface area contributed by atoms with E-state index in [4.69, 9.17) is 46.4 Å². The number of hydrogen-bond acceptors (Lipinski definition) is 0. The highest BCUT2D eigenvalue weighted by molar-refractivity contribution is 6.58. The maximum absolute atomic E-state index is 5.46. The van der Waals surface area contributed by atoms with E-state index in [0.717, 1.165) is 0 Å². The third kappa shape index (κ3) is 2.45. The van der Waals surface area contributed by atoms with E-state index in [-0.39, 0.29) is 10.9 Å². The van der Waals surface area contributed by atoms with Gasteiger partial charge in [-0.3, -0.25) is 0 Å². The van der Waals surface area contributed by atoms with Crippen LogP contribution in [0.1, 0.15) is 0 Å². The topological polar surface area (TPSA) is 0 Å². The summed E-state index contributed by atoms with van der Waals surface area (Å²) < 4.78 is -1.18. The molecule has 0 aliphatic heterocycles. The van der Waals surface area contributed by atoms with Gasteiger partial charge in [-0.25, -0.2) is 0 Å². The van der Waals surface area contributed by atoms with Crippen LogP contribution in [0.15, 0.2) is 11.6 Å². The lowest BCUT2D eigenvalue weighted by Gasteiger charge is -2.12. The average Bonchev–Trinajstić information content (AvgIpc) is 1.67. The monoisotopic (exact) mass is 192 g/mol. The summed E-state index contributed by atoms with van der Waals surface area (Å²) >= 11 is 21.5. The lowest BCUT2D eigenvalue weighted by Crippen LogP contribution is -2.13. The SMILES string of the molecule is C=C(Cl)C(Cl)(Cl)CCl. The largest absolute Gasteiger partial charge is 0.166 e. The van der Waals surface area contributed by atoms with Gasteiger partial charge < -0.3 is 0 Å². The second-order valence-corrected chi connectivity index (χ2v) is 3.45. The highest BCUT2D eigenvalue weighted by Crippen LogP contribution is 2.32. The second kappa shape index (κ2) is 3.17. The van der Waals surface area contributed by atoms with E-state index >= 15 is 0 Å². The Morgan fingerprint density at radius 3 is 1.88 bits per heavy atom. The van der Waals surface area contributed by atoms with Crippen molar-refractivity contribution in [1.29, 1.82) is 0 Å². The minimum atomic E-state index is -1.18. The quantitative estimate of drug-likeness (QED) is 0.592. The number of hydrogen-bond donors (Lipinski definition) is 0. The molecule has 0 aliphatic carbocycles. The molecule has 0 N–H and O–H groups in total. The van der Waals surface area contributed by atoms with Crippen molar-refractivity contribution in [3.8, 4) is 0 Å². The van der Waals surface area contributed by atoms with Crippen molar-refractivity contribution in [1.82, 2.24) is 0 Å². The van der Waals surface area contributed by atoms with Crippen molar-refractivity contribution < 1.29 is 0 Å². The van der Waals surface area contributed by atoms with Crippen LogP contribution in [0.2, 0.25) is 0 Å². The standard InChI is InChI=1S/C4H4Cl4/c1-3(6)4(7,8)2-5/h1-2H2. The fourth-order valence-corrected chi connectivity index (χ4v) is 0.369. The molecule has 0 fully saturated rings. The van der Waals surface area contributed by atoms with Gasteiger partial charge in [0.1, 0.15) is 0 Å². The van der Waals surface area contributed by atoms with E-state index in [9.17, 15) is 0 Å². The highest BCUT2D eigenvalue weighted by Gasteiger charge is 2.24. The lowest BCUT2D eigenvalue weighted by molar-refractivity contribution is 1.11. The van der Waals surface area contributed by atoms with E-state index in [1.165, 1.54) is 0 Å². The molecule has 0 aromatic rings. The zero-order valence-electron chi connectivity index (χ0n) is 3.93. The van der Waals surface area contributed by atoms with E-state index in [1.807, 2.05) is 0 Å². The predicted molar refractivity (Wildman–Crippen MR) is 40.2 cm³/mol. The molecule has 0 nitrogen and oxygen atoms in total. The third-order valence-corrected chi connectivity index (χ3v) is 2.48. The van der Waals surface area contributed by atoms with Crippen molar-refractivity contribution >= 4 is 46.4 Å². The first kappa shape index (κ1) is 8.90. The molecule has 0 aliphatic rings. The van der Waals surface area contributed by atoms with Gasteiger partial charge in [0.05, 0.1) is 5.88 Å². The zero-order valence-corrected chi connectivity index (χ0v) is 6.95. The molecular formula is C4H4Cl4. The van der Waals surface area contributed by atoms with Gasteiger partial charge in [-0.1, -0.05) is 41.4 Å². The van der Waals surface area contributed by atoms with Crippen molar-refractivity contribution in [2.75, 3.05) is 5.88 Å². The summed E-state index contributed by atoms with van der Waals surface area (Å²) in [5.74, 6) is 0.0540. The van der Waals surface area contributed by atoms with Crippen LogP contribution in [-0.4, -0.2) is 10.2 Å². The van der Waals surface area contributed by atoms with E-state index in [0.29, 0.717) is 0 Å². The molecule has 48 valence electrons. The van der Waals surface area contributed by atoms with Gasteiger partial charge in [-0.2, -0.15) is 0 Å². The first-order valence-corrected chi connectivity index (χ1v) is 3.46. The van der Waals surface area contributed by atoms with Gasteiger partial charge >= 0.3 is 0 Å². The normalized spacial score (nSPS) is 11.5. The van der Waals surface area contributed by atoms with Crippen LogP contribution in [0, 0.1) is 0 Å². The van der Waals surface area contributed by atoms with Gasteiger partial charge in [0.2, 0.25) is 0 Å². The van der Waals surface area contributed by atoms with Crippen LogP contribution in [0.5, 0.6) is 0 Å². The average molecular weight is 194 g/mol. The van der Waals surface area contributed by atoms with Gasteiger partial charge in [0, 0.05) is 5.03 Å². The van der Waals surface area contributed by atoms with Crippen molar-refractivity contribution in [2.45, 2.75) is 4.33 Å². The van der Waals surface area contributed by atoms with Crippen LogP contribution in [0.3, 0.4) is 0 Å². The smallest absolute Gasteiger partial charge is 0.123 e. The molecule has 0 bridgehead atoms. The number of rotatable bonds is 2. The second-order valence-electron chi connectivity index (χ2n) is 1.24. The first-order valence-electron chi connectivity index (χ1n) is 1.79. The van der Waals surface area contributed by atoms with E-state index in [1.54, 1.807) is 0 Å². The summed E-state index contributed by atoms with van der Waals surface area (Å²) in [4.78, 5) is 0. The highest BCUT2D eigenvalue weighted by atomic mass is 35.5. The molecule has 4 heteroatoms. The summed E-state index contributed by atoms with van der Waals surface area (Å²) in [6.07, 6.45) is 0. The molecule has 0 saturated carbocycles. The number of allylic oxidation sites excluding steroid dienone is 1. The van der Waals surface area contributed by atoms with Crippen molar-refractivity contribution in [2.24, 2.45) is 0 Å². The summed E-state index contributed by atoms with van der Waals surface area (Å²) in [6, 6.07) is 0. The molecule has 0 heterocycles. The molecule has 0 saturated heterocycles. The molecule has 0 aromatic carbocycles. The lowest BCUT2D eigenvalue weighted by atomic mass is 10.4. The Labute approximate surface area is 68.4 Å². The third-order valence-electron chi connectivity index (χ3n) is 0.565. The molecule has 0 amide bonds. The summed E-state index contributed by atoms with van der Waals surface area (Å²) in [6.45, 7) is 3.31. The van der Waals surface area contributed by atoms with Gasteiger partial charge in [-0.15, -0.1) is 11.6 Å². The van der Waals surface area contributed by atoms with Crippen LogP contribution < -0.4 is 0 Å². The van der Waals surface area contributed by atoms with Crippen LogP contribution in [-0.2, 0) is 0 Å². The number of alkyl halides is 3. The van der Waals surface area contributed by atoms with Crippen molar-refractivity contribution in [3.63, 3.8) is 0 Å². The minimum Gasteiger partial charge on any atom is -0.123 e. The number of halogens is 4. The molecule has 8 heavy (non-hydrogen) atoms. The molecule has 0 aromatic heterocycles. The Hall–Kier alpha value is 0.900. The first-order chi connectivity index (χ1) is 3.50. The van der Waals surface area contributed by atoms with Crippen LogP contribution in [0.25, 0.3) is 0 Å². The Balaban J connectivity index is 3.91. The molecule has 0 radical (unpaired) electrons. The Bertz CT molecular complexity index is 96.2. The molecule has 0 rings (SSSR count). The Morgan fingerprint density at radius 2 is 1.88 bits per heavy atom.